The highest BCUT2D eigenvalue weighted by atomic mass is 16.4. The van der Waals surface area contributed by atoms with Gasteiger partial charge in [-0.15, -0.1) is 0 Å². The largest absolute Gasteiger partial charge is 0.477 e. The highest BCUT2D eigenvalue weighted by Crippen LogP contribution is 2.20. The summed E-state index contributed by atoms with van der Waals surface area (Å²) in [5.74, 6) is -0.702. The highest BCUT2D eigenvalue weighted by molar-refractivity contribution is 5.87. The number of carbonyl (C=O) groups is 1. The van der Waals surface area contributed by atoms with Crippen LogP contribution in [-0.2, 0) is 7.05 Å². The first-order valence-corrected chi connectivity index (χ1v) is 4.58. The van der Waals surface area contributed by atoms with Gasteiger partial charge in [0.25, 0.3) is 0 Å². The van der Waals surface area contributed by atoms with E-state index < -0.39 is 5.97 Å². The van der Waals surface area contributed by atoms with Crippen LogP contribution < -0.4 is 5.73 Å². The molecule has 1 rings (SSSR count). The van der Waals surface area contributed by atoms with Crippen molar-refractivity contribution in [3.05, 3.63) is 23.0 Å². The Morgan fingerprint density at radius 2 is 2.29 bits per heavy atom. The molecule has 0 saturated heterocycles. The van der Waals surface area contributed by atoms with Crippen LogP contribution in [0.3, 0.4) is 0 Å². The molecule has 0 aliphatic heterocycles. The van der Waals surface area contributed by atoms with Crippen molar-refractivity contribution in [2.45, 2.75) is 19.8 Å². The minimum atomic E-state index is -0.888. The van der Waals surface area contributed by atoms with Crippen LogP contribution >= 0.6 is 0 Å². The molecule has 4 heteroatoms. The van der Waals surface area contributed by atoms with E-state index in [0.29, 0.717) is 12.2 Å². The van der Waals surface area contributed by atoms with Crippen LogP contribution in [0.15, 0.2) is 6.07 Å². The van der Waals surface area contributed by atoms with E-state index in [4.69, 9.17) is 10.8 Å². The highest BCUT2D eigenvalue weighted by Gasteiger charge is 2.18. The van der Waals surface area contributed by atoms with Gasteiger partial charge in [-0.3, -0.25) is 0 Å². The molecule has 0 radical (unpaired) electrons. The molecule has 3 N–H and O–H groups in total. The molecule has 1 heterocycles. The Labute approximate surface area is 83.3 Å². The Morgan fingerprint density at radius 3 is 2.64 bits per heavy atom. The van der Waals surface area contributed by atoms with Crippen molar-refractivity contribution >= 4 is 5.97 Å². The fourth-order valence-corrected chi connectivity index (χ4v) is 1.69. The number of rotatable bonds is 3. The first kappa shape index (κ1) is 10.8. The topological polar surface area (TPSA) is 68.2 Å². The summed E-state index contributed by atoms with van der Waals surface area (Å²) in [6.07, 6.45) is 0. The summed E-state index contributed by atoms with van der Waals surface area (Å²) in [7, 11) is 1.76. The van der Waals surface area contributed by atoms with Crippen molar-refractivity contribution in [2.75, 3.05) is 6.54 Å². The zero-order chi connectivity index (χ0) is 10.9. The molecule has 4 nitrogen and oxygen atoms in total. The zero-order valence-electron chi connectivity index (χ0n) is 8.74. The molecule has 14 heavy (non-hydrogen) atoms. The summed E-state index contributed by atoms with van der Waals surface area (Å²) < 4.78 is 1.70. The number of nitrogens with two attached hydrogens (primary N) is 1. The van der Waals surface area contributed by atoms with Gasteiger partial charge in [-0.05, 0) is 18.6 Å². The number of aromatic nitrogens is 1. The molecule has 0 aromatic carbocycles. The second-order valence-electron chi connectivity index (χ2n) is 3.60. The lowest BCUT2D eigenvalue weighted by Gasteiger charge is -2.10. The van der Waals surface area contributed by atoms with E-state index in [0.717, 1.165) is 11.3 Å². The smallest absolute Gasteiger partial charge is 0.352 e. The van der Waals surface area contributed by atoms with Gasteiger partial charge in [-0.25, -0.2) is 4.79 Å². The molecule has 0 amide bonds. The molecule has 78 valence electrons. The fourth-order valence-electron chi connectivity index (χ4n) is 1.69. The van der Waals surface area contributed by atoms with Crippen molar-refractivity contribution in [1.82, 2.24) is 4.57 Å². The van der Waals surface area contributed by atoms with Crippen LogP contribution in [0, 0.1) is 6.92 Å². The van der Waals surface area contributed by atoms with Crippen LogP contribution in [0.1, 0.15) is 34.6 Å². The summed E-state index contributed by atoms with van der Waals surface area (Å²) >= 11 is 0. The van der Waals surface area contributed by atoms with E-state index in [1.54, 1.807) is 18.5 Å². The Morgan fingerprint density at radius 1 is 1.71 bits per heavy atom. The van der Waals surface area contributed by atoms with Crippen LogP contribution in [0.2, 0.25) is 0 Å². The number of hydrogen-bond acceptors (Lipinski definition) is 2. The van der Waals surface area contributed by atoms with Crippen molar-refractivity contribution in [2.24, 2.45) is 12.8 Å². The lowest BCUT2D eigenvalue weighted by Crippen LogP contribution is -2.14. The molecule has 1 unspecified atom stereocenters. The number of hydrogen-bond donors (Lipinski definition) is 2. The van der Waals surface area contributed by atoms with E-state index in [2.05, 4.69) is 0 Å². The fraction of sp³-hybridized carbons (Fsp3) is 0.500. The number of aromatic carboxylic acids is 1. The predicted molar refractivity (Wildman–Crippen MR) is 54.6 cm³/mol. The Hall–Kier alpha value is -1.29. The molecular weight excluding hydrogens is 180 g/mol. The second-order valence-corrected chi connectivity index (χ2v) is 3.60. The van der Waals surface area contributed by atoms with Gasteiger partial charge in [0.2, 0.25) is 0 Å². The van der Waals surface area contributed by atoms with Crippen LogP contribution in [0.4, 0.5) is 0 Å². The summed E-state index contributed by atoms with van der Waals surface area (Å²) in [5, 5.41) is 8.96. The molecule has 1 aromatic rings. The second kappa shape index (κ2) is 3.84. The van der Waals surface area contributed by atoms with Gasteiger partial charge in [0.1, 0.15) is 5.69 Å². The van der Waals surface area contributed by atoms with Crippen molar-refractivity contribution < 1.29 is 9.90 Å². The maximum atomic E-state index is 10.9. The molecule has 0 saturated carbocycles. The maximum absolute atomic E-state index is 10.9. The zero-order valence-corrected chi connectivity index (χ0v) is 8.74. The number of carboxylic acids is 1. The minimum absolute atomic E-state index is 0.187. The number of aryl methyl sites for hydroxylation is 1. The quantitative estimate of drug-likeness (QED) is 0.760. The SMILES string of the molecule is Cc1cc(C(C)CN)n(C)c1C(=O)O. The van der Waals surface area contributed by atoms with E-state index in [1.165, 1.54) is 0 Å². The molecular formula is C10H16N2O2. The maximum Gasteiger partial charge on any atom is 0.352 e. The first-order valence-electron chi connectivity index (χ1n) is 4.58. The number of nitrogens with zero attached hydrogens (tertiary/aromatic N) is 1. The lowest BCUT2D eigenvalue weighted by atomic mass is 10.1. The Balaban J connectivity index is 3.23. The Bertz CT molecular complexity index is 355. The molecule has 1 atom stereocenters. The van der Waals surface area contributed by atoms with Crippen molar-refractivity contribution in [1.29, 1.82) is 0 Å². The van der Waals surface area contributed by atoms with E-state index >= 15 is 0 Å². The summed E-state index contributed by atoms with van der Waals surface area (Å²) in [4.78, 5) is 10.9. The minimum Gasteiger partial charge on any atom is -0.477 e. The van der Waals surface area contributed by atoms with Crippen LogP contribution in [0.25, 0.3) is 0 Å². The van der Waals surface area contributed by atoms with Gasteiger partial charge < -0.3 is 15.4 Å². The normalized spacial score (nSPS) is 12.9. The number of carboxylic acid groups (broad SMARTS) is 1. The van der Waals surface area contributed by atoms with Gasteiger partial charge in [-0.1, -0.05) is 6.92 Å². The third kappa shape index (κ3) is 1.65. The summed E-state index contributed by atoms with van der Waals surface area (Å²) in [6, 6.07) is 1.89. The average molecular weight is 196 g/mol. The van der Waals surface area contributed by atoms with Crippen molar-refractivity contribution in [3.63, 3.8) is 0 Å². The van der Waals surface area contributed by atoms with Gasteiger partial charge in [0, 0.05) is 25.2 Å². The first-order chi connectivity index (χ1) is 6.49. The summed E-state index contributed by atoms with van der Waals surface area (Å²) in [6.45, 7) is 4.31. The van der Waals surface area contributed by atoms with E-state index in [9.17, 15) is 4.79 Å². The van der Waals surface area contributed by atoms with E-state index in [-0.39, 0.29) is 5.92 Å². The molecule has 0 fully saturated rings. The third-order valence-electron chi connectivity index (χ3n) is 2.52. The Kier molecular flexibility index (Phi) is 2.96. The molecule has 0 aliphatic carbocycles. The molecule has 0 bridgehead atoms. The van der Waals surface area contributed by atoms with Crippen molar-refractivity contribution in [3.8, 4) is 0 Å². The molecule has 0 aliphatic rings. The molecule has 0 spiro atoms. The van der Waals surface area contributed by atoms with Gasteiger partial charge in [0.05, 0.1) is 0 Å². The van der Waals surface area contributed by atoms with E-state index in [1.807, 2.05) is 13.0 Å². The predicted octanol–water partition coefficient (Wildman–Crippen LogP) is 1.09. The van der Waals surface area contributed by atoms with Crippen LogP contribution in [0.5, 0.6) is 0 Å². The van der Waals surface area contributed by atoms with Crippen LogP contribution in [-0.4, -0.2) is 22.2 Å². The molecule has 1 aromatic heterocycles. The third-order valence-corrected chi connectivity index (χ3v) is 2.52. The summed E-state index contributed by atoms with van der Waals surface area (Å²) in [5.41, 5.74) is 7.66. The monoisotopic (exact) mass is 196 g/mol. The van der Waals surface area contributed by atoms with Gasteiger partial charge >= 0.3 is 5.97 Å². The van der Waals surface area contributed by atoms with Gasteiger partial charge in [-0.2, -0.15) is 0 Å². The lowest BCUT2D eigenvalue weighted by molar-refractivity contribution is 0.0685. The standard InChI is InChI=1S/C10H16N2O2/c1-6-4-8(7(2)5-11)12(3)9(6)10(13)14/h4,7H,5,11H2,1-3H3,(H,13,14). The van der Waals surface area contributed by atoms with Gasteiger partial charge in [0.15, 0.2) is 0 Å². The average Bonchev–Trinajstić information content (AvgIpc) is 2.40.